The zero-order chi connectivity index (χ0) is 11.8. The van der Waals surface area contributed by atoms with Crippen LogP contribution >= 0.6 is 27.5 Å². The molecule has 2 aromatic rings. The number of H-pyrrole nitrogens is 1. The summed E-state index contributed by atoms with van der Waals surface area (Å²) in [5, 5.41) is 5.40. The van der Waals surface area contributed by atoms with E-state index in [4.69, 9.17) is 11.6 Å². The zero-order valence-electron chi connectivity index (χ0n) is 9.39. The zero-order valence-corrected chi connectivity index (χ0v) is 11.7. The van der Waals surface area contributed by atoms with Gasteiger partial charge in [-0.2, -0.15) is 0 Å². The molecule has 0 bridgehead atoms. The van der Waals surface area contributed by atoms with Gasteiger partial charge in [0.2, 0.25) is 0 Å². The Morgan fingerprint density at radius 3 is 2.76 bits per heavy atom. The highest BCUT2D eigenvalue weighted by molar-refractivity contribution is 9.10. The van der Waals surface area contributed by atoms with Crippen LogP contribution in [-0.4, -0.2) is 18.1 Å². The number of hydrogen-bond donors (Lipinski definition) is 2. The fraction of sp³-hybridized carbons (Fsp3) is 0.385. The van der Waals surface area contributed by atoms with Gasteiger partial charge in [-0.1, -0.05) is 17.7 Å². The van der Waals surface area contributed by atoms with E-state index in [-0.39, 0.29) is 0 Å². The normalized spacial score (nSPS) is 17.8. The van der Waals surface area contributed by atoms with Gasteiger partial charge in [0.25, 0.3) is 0 Å². The largest absolute Gasteiger partial charge is 0.357 e. The van der Waals surface area contributed by atoms with E-state index < -0.39 is 0 Å². The highest BCUT2D eigenvalue weighted by atomic mass is 79.9. The molecular weight excluding hydrogens is 300 g/mol. The summed E-state index contributed by atoms with van der Waals surface area (Å²) in [6.45, 7) is 2.21. The molecule has 2 nitrogen and oxygen atoms in total. The molecule has 4 heteroatoms. The molecule has 0 unspecified atom stereocenters. The quantitative estimate of drug-likeness (QED) is 0.816. The third-order valence-corrected chi connectivity index (χ3v) is 4.56. The Labute approximate surface area is 114 Å². The molecule has 0 radical (unpaired) electrons. The monoisotopic (exact) mass is 312 g/mol. The van der Waals surface area contributed by atoms with E-state index in [9.17, 15) is 0 Å². The number of fused-ring (bicyclic) bond motifs is 1. The molecule has 1 fully saturated rings. The predicted octanol–water partition coefficient (Wildman–Crippen LogP) is 4.05. The van der Waals surface area contributed by atoms with Crippen molar-refractivity contribution in [1.29, 1.82) is 0 Å². The van der Waals surface area contributed by atoms with Gasteiger partial charge in [-0.3, -0.25) is 0 Å². The van der Waals surface area contributed by atoms with Crippen molar-refractivity contribution >= 4 is 38.4 Å². The summed E-state index contributed by atoms with van der Waals surface area (Å²) < 4.78 is 1.20. The number of aromatic nitrogens is 1. The highest BCUT2D eigenvalue weighted by Gasteiger charge is 2.20. The third-order valence-electron chi connectivity index (χ3n) is 3.47. The Bertz CT molecular complexity index is 544. The van der Waals surface area contributed by atoms with Crippen LogP contribution in [0.3, 0.4) is 0 Å². The summed E-state index contributed by atoms with van der Waals surface area (Å²) in [5.74, 6) is 0.622. The molecule has 0 amide bonds. The molecule has 2 heterocycles. The van der Waals surface area contributed by atoms with Crippen LogP contribution in [0.15, 0.2) is 22.7 Å². The van der Waals surface area contributed by atoms with E-state index in [0.717, 1.165) is 23.6 Å². The molecule has 1 aromatic heterocycles. The standard InChI is InChI=1S/C13H14BrClN2/c14-12-10-2-1-9(15)7-11(10)17-13(12)8-3-5-16-6-4-8/h1-2,7-8,16-17H,3-6H2. The van der Waals surface area contributed by atoms with Crippen LogP contribution in [-0.2, 0) is 0 Å². The van der Waals surface area contributed by atoms with Gasteiger partial charge in [-0.15, -0.1) is 0 Å². The van der Waals surface area contributed by atoms with Crippen molar-refractivity contribution < 1.29 is 0 Å². The Hall–Kier alpha value is -0.510. The van der Waals surface area contributed by atoms with Crippen molar-refractivity contribution in [3.63, 3.8) is 0 Å². The molecule has 1 aromatic carbocycles. The summed E-state index contributed by atoms with van der Waals surface area (Å²) >= 11 is 9.74. The molecular formula is C13H14BrClN2. The smallest absolute Gasteiger partial charge is 0.0482 e. The van der Waals surface area contributed by atoms with Gasteiger partial charge in [0.15, 0.2) is 0 Å². The first-order valence-corrected chi connectivity index (χ1v) is 7.10. The minimum atomic E-state index is 0.622. The summed E-state index contributed by atoms with van der Waals surface area (Å²) in [6, 6.07) is 6.00. The molecule has 17 heavy (non-hydrogen) atoms. The minimum Gasteiger partial charge on any atom is -0.357 e. The van der Waals surface area contributed by atoms with E-state index in [1.165, 1.54) is 28.4 Å². The van der Waals surface area contributed by atoms with Crippen LogP contribution in [0, 0.1) is 0 Å². The lowest BCUT2D eigenvalue weighted by Crippen LogP contribution is -2.26. The first-order chi connectivity index (χ1) is 8.25. The lowest BCUT2D eigenvalue weighted by Gasteiger charge is -2.22. The van der Waals surface area contributed by atoms with Gasteiger partial charge in [0.05, 0.1) is 0 Å². The minimum absolute atomic E-state index is 0.622. The first kappa shape index (κ1) is 11.6. The average molecular weight is 314 g/mol. The van der Waals surface area contributed by atoms with E-state index in [1.807, 2.05) is 12.1 Å². The van der Waals surface area contributed by atoms with Crippen LogP contribution in [0.2, 0.25) is 5.02 Å². The number of aromatic amines is 1. The number of hydrogen-bond acceptors (Lipinski definition) is 1. The van der Waals surface area contributed by atoms with Gasteiger partial charge in [0, 0.05) is 32.0 Å². The van der Waals surface area contributed by atoms with Crippen LogP contribution in [0.4, 0.5) is 0 Å². The Morgan fingerprint density at radius 1 is 1.24 bits per heavy atom. The van der Waals surface area contributed by atoms with E-state index in [1.54, 1.807) is 0 Å². The predicted molar refractivity (Wildman–Crippen MR) is 75.9 cm³/mol. The maximum Gasteiger partial charge on any atom is 0.0482 e. The molecule has 0 saturated carbocycles. The Morgan fingerprint density at radius 2 is 2.00 bits per heavy atom. The molecule has 0 spiro atoms. The molecule has 2 N–H and O–H groups in total. The lowest BCUT2D eigenvalue weighted by atomic mass is 9.95. The summed E-state index contributed by atoms with van der Waals surface area (Å²) in [7, 11) is 0. The molecule has 0 aliphatic carbocycles. The van der Waals surface area contributed by atoms with E-state index in [0.29, 0.717) is 5.92 Å². The topological polar surface area (TPSA) is 27.8 Å². The lowest BCUT2D eigenvalue weighted by molar-refractivity contribution is 0.454. The van der Waals surface area contributed by atoms with E-state index >= 15 is 0 Å². The summed E-state index contributed by atoms with van der Waals surface area (Å²) in [6.07, 6.45) is 2.39. The highest BCUT2D eigenvalue weighted by Crippen LogP contribution is 2.36. The molecule has 1 saturated heterocycles. The molecule has 1 aliphatic rings. The van der Waals surface area contributed by atoms with Gasteiger partial charge in [-0.25, -0.2) is 0 Å². The first-order valence-electron chi connectivity index (χ1n) is 5.93. The van der Waals surface area contributed by atoms with Crippen LogP contribution < -0.4 is 5.32 Å². The maximum absolute atomic E-state index is 6.02. The number of piperidine rings is 1. The van der Waals surface area contributed by atoms with Crippen LogP contribution in [0.25, 0.3) is 10.9 Å². The second-order valence-corrected chi connectivity index (χ2v) is 5.80. The fourth-order valence-electron chi connectivity index (χ4n) is 2.55. The van der Waals surface area contributed by atoms with Crippen molar-refractivity contribution in [2.75, 3.05) is 13.1 Å². The summed E-state index contributed by atoms with van der Waals surface area (Å²) in [5.41, 5.74) is 2.45. The van der Waals surface area contributed by atoms with Crippen molar-refractivity contribution in [3.8, 4) is 0 Å². The SMILES string of the molecule is Clc1ccc2c(Br)c(C3CCNCC3)[nH]c2c1. The fourth-order valence-corrected chi connectivity index (χ4v) is 3.49. The number of halogens is 2. The van der Waals surface area contributed by atoms with Gasteiger partial charge in [-0.05, 0) is 54.0 Å². The molecule has 0 atom stereocenters. The molecule has 3 rings (SSSR count). The number of benzene rings is 1. The van der Waals surface area contributed by atoms with Crippen molar-refractivity contribution in [1.82, 2.24) is 10.3 Å². The van der Waals surface area contributed by atoms with Gasteiger partial charge >= 0.3 is 0 Å². The van der Waals surface area contributed by atoms with Crippen LogP contribution in [0.5, 0.6) is 0 Å². The number of nitrogens with one attached hydrogen (secondary N) is 2. The van der Waals surface area contributed by atoms with Gasteiger partial charge in [0.1, 0.15) is 0 Å². The molecule has 1 aliphatic heterocycles. The van der Waals surface area contributed by atoms with E-state index in [2.05, 4.69) is 32.3 Å². The Balaban J connectivity index is 2.07. The maximum atomic E-state index is 6.02. The summed E-state index contributed by atoms with van der Waals surface area (Å²) in [4.78, 5) is 3.52. The van der Waals surface area contributed by atoms with Crippen LogP contribution in [0.1, 0.15) is 24.5 Å². The Kier molecular flexibility index (Phi) is 3.16. The second-order valence-electron chi connectivity index (χ2n) is 4.57. The average Bonchev–Trinajstić information content (AvgIpc) is 2.67. The van der Waals surface area contributed by atoms with Crippen molar-refractivity contribution in [3.05, 3.63) is 33.4 Å². The molecule has 90 valence electrons. The second kappa shape index (κ2) is 4.63. The van der Waals surface area contributed by atoms with Gasteiger partial charge < -0.3 is 10.3 Å². The van der Waals surface area contributed by atoms with Crippen molar-refractivity contribution in [2.24, 2.45) is 0 Å². The number of rotatable bonds is 1. The third kappa shape index (κ3) is 2.12. The van der Waals surface area contributed by atoms with Crippen molar-refractivity contribution in [2.45, 2.75) is 18.8 Å².